The molecule has 2 N–H and O–H groups in total. The summed E-state index contributed by atoms with van der Waals surface area (Å²) in [6.07, 6.45) is -4.81. The Morgan fingerprint density at radius 1 is 0.971 bits per heavy atom. The zero-order valence-electron chi connectivity index (χ0n) is 17.3. The molecule has 11 heteroatoms. The van der Waals surface area contributed by atoms with Crippen LogP contribution in [-0.4, -0.2) is 15.2 Å². The first-order chi connectivity index (χ1) is 16.0. The summed E-state index contributed by atoms with van der Waals surface area (Å²) in [4.78, 5) is 4.06. The standard InChI is InChI=1S/C23H15F6N3O2/c1-11-2-4-13(21-31-22(34-32-21)14-5-7-18(33)20(26)19(14)25)9-17(11)30-10-12-3-6-16(24)15(8-12)23(27,28)29/h2-9,30,33H,10H2,1H3. The number of hydrogen-bond donors (Lipinski definition) is 2. The third-order valence-electron chi connectivity index (χ3n) is 5.03. The largest absolute Gasteiger partial charge is 0.505 e. The molecule has 0 saturated heterocycles. The van der Waals surface area contributed by atoms with Crippen LogP contribution in [0.3, 0.4) is 0 Å². The van der Waals surface area contributed by atoms with E-state index in [0.29, 0.717) is 11.3 Å². The average molecular weight is 479 g/mol. The Balaban J connectivity index is 1.58. The minimum absolute atomic E-state index is 0.0247. The van der Waals surface area contributed by atoms with Gasteiger partial charge in [-0.25, -0.2) is 8.78 Å². The van der Waals surface area contributed by atoms with Crippen LogP contribution in [0.1, 0.15) is 16.7 Å². The Labute approximate surface area is 188 Å². The van der Waals surface area contributed by atoms with Gasteiger partial charge in [0.25, 0.3) is 5.89 Å². The van der Waals surface area contributed by atoms with Gasteiger partial charge in [0.15, 0.2) is 11.6 Å². The highest BCUT2D eigenvalue weighted by molar-refractivity contribution is 5.67. The van der Waals surface area contributed by atoms with E-state index in [1.54, 1.807) is 25.1 Å². The van der Waals surface area contributed by atoms with Crippen molar-refractivity contribution in [3.05, 3.63) is 82.7 Å². The molecule has 0 radical (unpaired) electrons. The third-order valence-corrected chi connectivity index (χ3v) is 5.03. The van der Waals surface area contributed by atoms with Crippen LogP contribution >= 0.6 is 0 Å². The van der Waals surface area contributed by atoms with Crippen molar-refractivity contribution in [2.75, 3.05) is 5.32 Å². The summed E-state index contributed by atoms with van der Waals surface area (Å²) in [5.74, 6) is -5.28. The first-order valence-electron chi connectivity index (χ1n) is 9.76. The molecule has 0 amide bonds. The quantitative estimate of drug-likeness (QED) is 0.321. The first kappa shape index (κ1) is 23.1. The predicted molar refractivity (Wildman–Crippen MR) is 110 cm³/mol. The van der Waals surface area contributed by atoms with E-state index < -0.39 is 34.9 Å². The van der Waals surface area contributed by atoms with E-state index >= 15 is 0 Å². The Morgan fingerprint density at radius 2 is 1.74 bits per heavy atom. The average Bonchev–Trinajstić information content (AvgIpc) is 3.27. The van der Waals surface area contributed by atoms with Gasteiger partial charge in [0, 0.05) is 17.8 Å². The monoisotopic (exact) mass is 479 g/mol. The van der Waals surface area contributed by atoms with Gasteiger partial charge >= 0.3 is 6.18 Å². The van der Waals surface area contributed by atoms with Crippen LogP contribution in [0.4, 0.5) is 32.0 Å². The summed E-state index contributed by atoms with van der Waals surface area (Å²) in [5.41, 5.74) is 0.231. The fourth-order valence-corrected chi connectivity index (χ4v) is 3.20. The number of phenolic OH excluding ortho intramolecular Hbond substituents is 1. The molecule has 4 aromatic rings. The van der Waals surface area contributed by atoms with E-state index in [2.05, 4.69) is 15.5 Å². The highest BCUT2D eigenvalue weighted by Crippen LogP contribution is 2.33. The molecule has 0 aliphatic rings. The lowest BCUT2D eigenvalue weighted by Gasteiger charge is -2.13. The van der Waals surface area contributed by atoms with Crippen molar-refractivity contribution in [2.24, 2.45) is 0 Å². The van der Waals surface area contributed by atoms with Crippen LogP contribution in [-0.2, 0) is 12.7 Å². The second-order valence-electron chi connectivity index (χ2n) is 7.38. The topological polar surface area (TPSA) is 71.2 Å². The molecule has 4 rings (SSSR count). The summed E-state index contributed by atoms with van der Waals surface area (Å²) in [6, 6.07) is 9.71. The number of aryl methyl sites for hydroxylation is 1. The fourth-order valence-electron chi connectivity index (χ4n) is 3.20. The number of benzene rings is 3. The number of aromatic hydroxyl groups is 1. The van der Waals surface area contributed by atoms with Gasteiger partial charge in [0.1, 0.15) is 5.82 Å². The minimum atomic E-state index is -4.81. The predicted octanol–water partition coefficient (Wildman–Crippen LogP) is 6.47. The molecule has 34 heavy (non-hydrogen) atoms. The Kier molecular flexibility index (Phi) is 5.94. The molecule has 3 aromatic carbocycles. The van der Waals surface area contributed by atoms with Crippen LogP contribution in [0, 0.1) is 24.4 Å². The molecule has 0 aliphatic heterocycles. The third kappa shape index (κ3) is 4.54. The van der Waals surface area contributed by atoms with Crippen molar-refractivity contribution in [3.8, 4) is 28.6 Å². The van der Waals surface area contributed by atoms with Gasteiger partial charge in [0.05, 0.1) is 11.1 Å². The van der Waals surface area contributed by atoms with E-state index in [0.717, 1.165) is 29.8 Å². The maximum absolute atomic E-state index is 14.1. The lowest BCUT2D eigenvalue weighted by Crippen LogP contribution is -2.10. The molecule has 1 aromatic heterocycles. The van der Waals surface area contributed by atoms with Crippen molar-refractivity contribution < 1.29 is 36.0 Å². The van der Waals surface area contributed by atoms with E-state index in [9.17, 15) is 31.4 Å². The smallest absolute Gasteiger partial charge is 0.419 e. The van der Waals surface area contributed by atoms with Crippen LogP contribution in [0.2, 0.25) is 0 Å². The van der Waals surface area contributed by atoms with Crippen LogP contribution in [0.5, 0.6) is 5.75 Å². The SMILES string of the molecule is Cc1ccc(-c2noc(-c3ccc(O)c(F)c3F)n2)cc1NCc1ccc(F)c(C(F)(F)F)c1. The second kappa shape index (κ2) is 8.73. The van der Waals surface area contributed by atoms with Crippen LogP contribution in [0.25, 0.3) is 22.8 Å². The molecule has 0 bridgehead atoms. The molecular formula is C23H15F6N3O2. The van der Waals surface area contributed by atoms with E-state index in [-0.39, 0.29) is 29.4 Å². The van der Waals surface area contributed by atoms with Gasteiger partial charge in [-0.05, 0) is 48.4 Å². The molecule has 1 heterocycles. The summed E-state index contributed by atoms with van der Waals surface area (Å²) in [7, 11) is 0. The van der Waals surface area contributed by atoms with Gasteiger partial charge in [0.2, 0.25) is 11.6 Å². The number of nitrogens with zero attached hydrogens (tertiary/aromatic N) is 2. The summed E-state index contributed by atoms with van der Waals surface area (Å²) in [6.45, 7) is 1.73. The Bertz CT molecular complexity index is 1370. The molecule has 0 saturated carbocycles. The Hall–Kier alpha value is -4.02. The number of alkyl halides is 3. The zero-order valence-corrected chi connectivity index (χ0v) is 17.3. The van der Waals surface area contributed by atoms with E-state index in [1.807, 2.05) is 0 Å². The van der Waals surface area contributed by atoms with Crippen LogP contribution < -0.4 is 5.32 Å². The maximum Gasteiger partial charge on any atom is 0.419 e. The summed E-state index contributed by atoms with van der Waals surface area (Å²) in [5, 5.41) is 16.0. The van der Waals surface area contributed by atoms with Gasteiger partial charge in [-0.15, -0.1) is 0 Å². The van der Waals surface area contributed by atoms with Crippen molar-refractivity contribution >= 4 is 5.69 Å². The molecule has 176 valence electrons. The number of halogens is 6. The molecule has 5 nitrogen and oxygen atoms in total. The normalized spacial score (nSPS) is 11.6. The number of phenols is 1. The van der Waals surface area contributed by atoms with Crippen molar-refractivity contribution in [1.29, 1.82) is 0 Å². The first-order valence-corrected chi connectivity index (χ1v) is 9.76. The van der Waals surface area contributed by atoms with Crippen molar-refractivity contribution in [1.82, 2.24) is 10.1 Å². The molecule has 0 aliphatic carbocycles. The molecule has 0 unspecified atom stereocenters. The number of rotatable bonds is 5. The van der Waals surface area contributed by atoms with E-state index in [4.69, 9.17) is 4.52 Å². The lowest BCUT2D eigenvalue weighted by molar-refractivity contribution is -0.140. The minimum Gasteiger partial charge on any atom is -0.505 e. The van der Waals surface area contributed by atoms with Gasteiger partial charge in [-0.3, -0.25) is 0 Å². The van der Waals surface area contributed by atoms with Gasteiger partial charge in [-0.1, -0.05) is 23.4 Å². The van der Waals surface area contributed by atoms with Crippen molar-refractivity contribution in [3.63, 3.8) is 0 Å². The van der Waals surface area contributed by atoms with E-state index in [1.165, 1.54) is 6.07 Å². The highest BCUT2D eigenvalue weighted by atomic mass is 19.4. The number of anilines is 1. The fraction of sp³-hybridized carbons (Fsp3) is 0.130. The van der Waals surface area contributed by atoms with Gasteiger partial charge in [-0.2, -0.15) is 22.5 Å². The molecule has 0 fully saturated rings. The summed E-state index contributed by atoms with van der Waals surface area (Å²) >= 11 is 0. The highest BCUT2D eigenvalue weighted by Gasteiger charge is 2.34. The maximum atomic E-state index is 14.1. The second-order valence-corrected chi connectivity index (χ2v) is 7.38. The lowest BCUT2D eigenvalue weighted by atomic mass is 10.1. The molecular weight excluding hydrogens is 464 g/mol. The molecule has 0 spiro atoms. The Morgan fingerprint density at radius 3 is 2.47 bits per heavy atom. The van der Waals surface area contributed by atoms with Crippen LogP contribution in [0.15, 0.2) is 53.1 Å². The number of aromatic nitrogens is 2. The molecule has 0 atom stereocenters. The number of hydrogen-bond acceptors (Lipinski definition) is 5. The van der Waals surface area contributed by atoms with Crippen molar-refractivity contribution in [2.45, 2.75) is 19.6 Å². The summed E-state index contributed by atoms with van der Waals surface area (Å²) < 4.78 is 85.1. The zero-order chi connectivity index (χ0) is 24.6. The number of nitrogens with one attached hydrogen (secondary N) is 1. The van der Waals surface area contributed by atoms with Gasteiger partial charge < -0.3 is 14.9 Å².